The molecule has 1 atom stereocenters. The van der Waals surface area contributed by atoms with Gasteiger partial charge < -0.3 is 14.6 Å². The van der Waals surface area contributed by atoms with Crippen LogP contribution in [-0.4, -0.2) is 24.4 Å². The number of ether oxygens (including phenoxy) is 2. The minimum atomic E-state index is -0.684. The second-order valence-corrected chi connectivity index (χ2v) is 5.85. The molecule has 0 saturated carbocycles. The predicted molar refractivity (Wildman–Crippen MR) is 86.8 cm³/mol. The van der Waals surface area contributed by atoms with Gasteiger partial charge in [0.05, 0.1) is 13.2 Å². The zero-order valence-electron chi connectivity index (χ0n) is 11.3. The summed E-state index contributed by atoms with van der Waals surface area (Å²) in [5, 5.41) is 10.5. The van der Waals surface area contributed by atoms with Gasteiger partial charge in [-0.1, -0.05) is 45.7 Å². The Morgan fingerprint density at radius 2 is 1.76 bits per heavy atom. The smallest absolute Gasteiger partial charge is 0.119 e. The summed E-state index contributed by atoms with van der Waals surface area (Å²) < 4.78 is 11.9. The van der Waals surface area contributed by atoms with Crippen molar-refractivity contribution in [3.8, 4) is 5.75 Å². The van der Waals surface area contributed by atoms with Crippen molar-refractivity contribution in [1.29, 1.82) is 0 Å². The number of hydrogen-bond donors (Lipinski definition) is 1. The normalized spacial score (nSPS) is 12.1. The highest BCUT2D eigenvalue weighted by Gasteiger charge is 2.07. The van der Waals surface area contributed by atoms with Crippen LogP contribution in [0.2, 0.25) is 5.02 Å². The molecule has 0 bridgehead atoms. The van der Waals surface area contributed by atoms with Crippen LogP contribution in [0.25, 0.3) is 0 Å². The molecule has 112 valence electrons. The summed E-state index contributed by atoms with van der Waals surface area (Å²) in [6, 6.07) is 14.9. The molecule has 1 N–H and O–H groups in total. The first-order chi connectivity index (χ1) is 10.1. The molecule has 0 aliphatic heterocycles. The Morgan fingerprint density at radius 1 is 1.05 bits per heavy atom. The molecule has 5 heteroatoms. The molecule has 2 aromatic carbocycles. The monoisotopic (exact) mass is 370 g/mol. The molecule has 0 spiro atoms. The van der Waals surface area contributed by atoms with Gasteiger partial charge in [0.1, 0.15) is 18.5 Å². The molecule has 0 amide bonds. The van der Waals surface area contributed by atoms with Crippen LogP contribution < -0.4 is 4.74 Å². The molecule has 0 unspecified atom stereocenters. The minimum Gasteiger partial charge on any atom is -0.491 e. The Labute approximate surface area is 137 Å². The van der Waals surface area contributed by atoms with E-state index in [0.29, 0.717) is 17.4 Å². The highest BCUT2D eigenvalue weighted by Crippen LogP contribution is 2.17. The van der Waals surface area contributed by atoms with Gasteiger partial charge in [-0.2, -0.15) is 0 Å². The number of hydrogen-bond acceptors (Lipinski definition) is 3. The van der Waals surface area contributed by atoms with E-state index in [0.717, 1.165) is 10.0 Å². The quantitative estimate of drug-likeness (QED) is 0.798. The van der Waals surface area contributed by atoms with Gasteiger partial charge in [-0.25, -0.2) is 0 Å². The van der Waals surface area contributed by atoms with E-state index in [9.17, 15) is 5.11 Å². The van der Waals surface area contributed by atoms with E-state index in [-0.39, 0.29) is 13.2 Å². The molecule has 0 heterocycles. The van der Waals surface area contributed by atoms with Crippen molar-refractivity contribution in [2.75, 3.05) is 13.2 Å². The van der Waals surface area contributed by atoms with Crippen LogP contribution in [0.1, 0.15) is 5.56 Å². The molecule has 0 saturated heterocycles. The molecular formula is C16H16BrClO3. The van der Waals surface area contributed by atoms with E-state index in [1.165, 1.54) is 0 Å². The second kappa shape index (κ2) is 8.39. The lowest BCUT2D eigenvalue weighted by Crippen LogP contribution is -2.23. The van der Waals surface area contributed by atoms with Gasteiger partial charge in [0, 0.05) is 9.50 Å². The van der Waals surface area contributed by atoms with Crippen LogP contribution in [-0.2, 0) is 11.3 Å². The van der Waals surface area contributed by atoms with E-state index in [4.69, 9.17) is 21.1 Å². The standard InChI is InChI=1S/C16H16BrClO3/c17-13-5-7-15(8-6-13)21-11-14(19)10-20-9-12-3-1-2-4-16(12)18/h1-8,14,19H,9-11H2/t14-/m0/s1. The fourth-order valence-corrected chi connectivity index (χ4v) is 2.15. The Bertz CT molecular complexity index is 560. The maximum absolute atomic E-state index is 9.82. The lowest BCUT2D eigenvalue weighted by molar-refractivity contribution is 0.00551. The number of aliphatic hydroxyl groups excluding tert-OH is 1. The van der Waals surface area contributed by atoms with Crippen LogP contribution in [0.4, 0.5) is 0 Å². The Balaban J connectivity index is 1.69. The van der Waals surface area contributed by atoms with E-state index in [2.05, 4.69) is 15.9 Å². The second-order valence-electron chi connectivity index (χ2n) is 4.53. The molecule has 0 aromatic heterocycles. The average Bonchev–Trinajstić information content (AvgIpc) is 2.49. The van der Waals surface area contributed by atoms with E-state index >= 15 is 0 Å². The summed E-state index contributed by atoms with van der Waals surface area (Å²) in [5.41, 5.74) is 0.903. The zero-order valence-corrected chi connectivity index (χ0v) is 13.7. The molecule has 2 aromatic rings. The third-order valence-corrected chi connectivity index (χ3v) is 3.68. The predicted octanol–water partition coefficient (Wildman–Crippen LogP) is 4.06. The first-order valence-corrected chi connectivity index (χ1v) is 7.70. The fourth-order valence-electron chi connectivity index (χ4n) is 1.69. The molecule has 0 fully saturated rings. The van der Waals surface area contributed by atoms with Crippen molar-refractivity contribution in [1.82, 2.24) is 0 Å². The largest absolute Gasteiger partial charge is 0.491 e. The molecule has 0 radical (unpaired) electrons. The number of benzene rings is 2. The molecule has 3 nitrogen and oxygen atoms in total. The van der Waals surface area contributed by atoms with Gasteiger partial charge in [0.2, 0.25) is 0 Å². The molecule has 0 aliphatic rings. The van der Waals surface area contributed by atoms with Crippen molar-refractivity contribution in [2.24, 2.45) is 0 Å². The molecule has 2 rings (SSSR count). The summed E-state index contributed by atoms with van der Waals surface area (Å²) in [4.78, 5) is 0. The van der Waals surface area contributed by atoms with Gasteiger partial charge >= 0.3 is 0 Å². The van der Waals surface area contributed by atoms with Crippen molar-refractivity contribution >= 4 is 27.5 Å². The van der Waals surface area contributed by atoms with Gasteiger partial charge in [-0.15, -0.1) is 0 Å². The van der Waals surface area contributed by atoms with E-state index < -0.39 is 6.10 Å². The zero-order chi connectivity index (χ0) is 15.1. The highest BCUT2D eigenvalue weighted by molar-refractivity contribution is 9.10. The maximum atomic E-state index is 9.82. The SMILES string of the molecule is O[C@@H](COCc1ccccc1Cl)COc1ccc(Br)cc1. The molecule has 21 heavy (non-hydrogen) atoms. The van der Waals surface area contributed by atoms with Crippen molar-refractivity contribution < 1.29 is 14.6 Å². The van der Waals surface area contributed by atoms with E-state index in [1.807, 2.05) is 48.5 Å². The van der Waals surface area contributed by atoms with Crippen LogP contribution >= 0.6 is 27.5 Å². The van der Waals surface area contributed by atoms with Crippen LogP contribution in [0.3, 0.4) is 0 Å². The van der Waals surface area contributed by atoms with Gasteiger partial charge in [0.15, 0.2) is 0 Å². The maximum Gasteiger partial charge on any atom is 0.119 e. The first kappa shape index (κ1) is 16.3. The number of aliphatic hydroxyl groups is 1. The summed E-state index contributed by atoms with van der Waals surface area (Å²) >= 11 is 9.37. The Hall–Kier alpha value is -1.07. The molecular weight excluding hydrogens is 356 g/mol. The summed E-state index contributed by atoms with van der Waals surface area (Å²) in [6.07, 6.45) is -0.684. The average molecular weight is 372 g/mol. The van der Waals surface area contributed by atoms with Gasteiger partial charge in [-0.05, 0) is 35.9 Å². The van der Waals surface area contributed by atoms with Crippen molar-refractivity contribution in [3.63, 3.8) is 0 Å². The Morgan fingerprint density at radius 3 is 2.48 bits per heavy atom. The first-order valence-electron chi connectivity index (χ1n) is 6.53. The lowest BCUT2D eigenvalue weighted by Gasteiger charge is -2.13. The van der Waals surface area contributed by atoms with Crippen molar-refractivity contribution in [2.45, 2.75) is 12.7 Å². The van der Waals surface area contributed by atoms with Crippen LogP contribution in [0.5, 0.6) is 5.75 Å². The van der Waals surface area contributed by atoms with Crippen LogP contribution in [0.15, 0.2) is 53.0 Å². The fraction of sp³-hybridized carbons (Fsp3) is 0.250. The van der Waals surface area contributed by atoms with Gasteiger partial charge in [0.25, 0.3) is 0 Å². The topological polar surface area (TPSA) is 38.7 Å². The van der Waals surface area contributed by atoms with Crippen LogP contribution in [0, 0.1) is 0 Å². The molecule has 0 aliphatic carbocycles. The Kier molecular flexibility index (Phi) is 6.51. The van der Waals surface area contributed by atoms with E-state index in [1.54, 1.807) is 0 Å². The minimum absolute atomic E-state index is 0.185. The number of halogens is 2. The lowest BCUT2D eigenvalue weighted by atomic mass is 10.2. The number of rotatable bonds is 7. The third-order valence-electron chi connectivity index (χ3n) is 2.78. The highest BCUT2D eigenvalue weighted by atomic mass is 79.9. The third kappa shape index (κ3) is 5.67. The van der Waals surface area contributed by atoms with Gasteiger partial charge in [-0.3, -0.25) is 0 Å². The summed E-state index contributed by atoms with van der Waals surface area (Å²) in [6.45, 7) is 0.751. The summed E-state index contributed by atoms with van der Waals surface area (Å²) in [7, 11) is 0. The van der Waals surface area contributed by atoms with Crippen molar-refractivity contribution in [3.05, 3.63) is 63.6 Å². The summed E-state index contributed by atoms with van der Waals surface area (Å²) in [5.74, 6) is 0.711.